The van der Waals surface area contributed by atoms with Crippen molar-refractivity contribution in [3.05, 3.63) is 39.7 Å². The summed E-state index contributed by atoms with van der Waals surface area (Å²) in [5.41, 5.74) is 6.64. The zero-order valence-electron chi connectivity index (χ0n) is 12.3. The van der Waals surface area contributed by atoms with E-state index >= 15 is 0 Å². The fraction of sp³-hybridized carbons (Fsp3) is 0.231. The van der Waals surface area contributed by atoms with Gasteiger partial charge in [0.05, 0.1) is 37.2 Å². The van der Waals surface area contributed by atoms with Gasteiger partial charge in [0.2, 0.25) is 11.7 Å². The van der Waals surface area contributed by atoms with Crippen LogP contribution in [0.15, 0.2) is 23.4 Å². The molecule has 116 valence electrons. The lowest BCUT2D eigenvalue weighted by atomic mass is 10.2. The monoisotopic (exact) mass is 305 g/mol. The Balaban J connectivity index is 2.45. The second-order valence-electron chi connectivity index (χ2n) is 4.36. The smallest absolute Gasteiger partial charge is 0.315 e. The first-order valence-electron chi connectivity index (χ1n) is 6.22. The number of hydrogen-bond donors (Lipinski definition) is 1. The van der Waals surface area contributed by atoms with Crippen LogP contribution in [0.5, 0.6) is 11.5 Å². The van der Waals surface area contributed by atoms with E-state index in [9.17, 15) is 10.1 Å². The van der Waals surface area contributed by atoms with Crippen molar-refractivity contribution in [3.63, 3.8) is 0 Å². The summed E-state index contributed by atoms with van der Waals surface area (Å²) in [5, 5.41) is 15.2. The molecule has 2 rings (SSSR count). The minimum Gasteiger partial charge on any atom is -0.493 e. The topological polar surface area (TPSA) is 118 Å². The molecule has 1 aromatic heterocycles. The number of nitrogens with two attached hydrogens (primary N) is 1. The van der Waals surface area contributed by atoms with Gasteiger partial charge in [-0.2, -0.15) is 5.10 Å². The molecule has 0 spiro atoms. The summed E-state index contributed by atoms with van der Waals surface area (Å²) < 4.78 is 11.5. The van der Waals surface area contributed by atoms with Gasteiger partial charge in [-0.3, -0.25) is 10.1 Å². The van der Waals surface area contributed by atoms with Gasteiger partial charge >= 0.3 is 5.69 Å². The van der Waals surface area contributed by atoms with E-state index in [0.717, 1.165) is 0 Å². The van der Waals surface area contributed by atoms with E-state index < -0.39 is 4.92 Å². The van der Waals surface area contributed by atoms with Crippen LogP contribution in [0, 0.1) is 17.0 Å². The molecule has 0 fully saturated rings. The third-order valence-electron chi connectivity index (χ3n) is 2.84. The minimum atomic E-state index is -0.547. The fourth-order valence-corrected chi connectivity index (χ4v) is 1.90. The Hall–Kier alpha value is -3.10. The van der Waals surface area contributed by atoms with Crippen LogP contribution in [0.25, 0.3) is 0 Å². The first kappa shape index (κ1) is 15.3. The highest BCUT2D eigenvalue weighted by Crippen LogP contribution is 2.37. The molecule has 0 aliphatic carbocycles. The summed E-state index contributed by atoms with van der Waals surface area (Å²) in [4.78, 5) is 14.6. The van der Waals surface area contributed by atoms with Crippen molar-refractivity contribution in [1.82, 2.24) is 9.66 Å². The zero-order chi connectivity index (χ0) is 16.3. The van der Waals surface area contributed by atoms with Crippen molar-refractivity contribution in [2.24, 2.45) is 5.10 Å². The zero-order valence-corrected chi connectivity index (χ0v) is 12.3. The fourth-order valence-electron chi connectivity index (χ4n) is 1.90. The summed E-state index contributed by atoms with van der Waals surface area (Å²) in [6.07, 6.45) is 3.06. The van der Waals surface area contributed by atoms with Gasteiger partial charge < -0.3 is 15.2 Å². The highest BCUT2D eigenvalue weighted by molar-refractivity contribution is 5.83. The molecule has 0 unspecified atom stereocenters. The standard InChI is InChI=1S/C13H15N5O4/c1-8-7-17(13(14)16-8)15-6-9-4-10(18(19)20)12(22-3)11(5-9)21-2/h4-7H,1-3H3,(H2,14,16). The Morgan fingerprint density at radius 3 is 2.64 bits per heavy atom. The van der Waals surface area contributed by atoms with Crippen LogP contribution in [0.3, 0.4) is 0 Å². The number of nitro groups is 1. The number of imidazole rings is 1. The Bertz CT molecular complexity index is 738. The molecule has 9 nitrogen and oxygen atoms in total. The van der Waals surface area contributed by atoms with Gasteiger partial charge in [-0.25, -0.2) is 9.66 Å². The van der Waals surface area contributed by atoms with Crippen LogP contribution < -0.4 is 15.2 Å². The molecule has 0 aliphatic heterocycles. The predicted octanol–water partition coefficient (Wildman–Crippen LogP) is 1.58. The Morgan fingerprint density at radius 1 is 1.41 bits per heavy atom. The SMILES string of the molecule is COc1cc(C=Nn2cc(C)nc2N)cc([N+](=O)[O-])c1OC. The van der Waals surface area contributed by atoms with Gasteiger partial charge in [0, 0.05) is 11.6 Å². The molecule has 0 amide bonds. The number of aromatic nitrogens is 2. The average Bonchev–Trinajstić information content (AvgIpc) is 2.81. The molecule has 0 saturated carbocycles. The van der Waals surface area contributed by atoms with E-state index in [1.807, 2.05) is 0 Å². The van der Waals surface area contributed by atoms with Crippen LogP contribution in [-0.4, -0.2) is 35.0 Å². The summed E-state index contributed by atoms with van der Waals surface area (Å²) in [5.74, 6) is 0.527. The average molecular weight is 305 g/mol. The first-order chi connectivity index (χ1) is 10.5. The number of nitro benzene ring substituents is 1. The van der Waals surface area contributed by atoms with Gasteiger partial charge in [0.25, 0.3) is 0 Å². The number of nitrogen functional groups attached to an aromatic ring is 1. The Morgan fingerprint density at radius 2 is 2.14 bits per heavy atom. The number of aryl methyl sites for hydroxylation is 1. The highest BCUT2D eigenvalue weighted by Gasteiger charge is 2.21. The van der Waals surface area contributed by atoms with Crippen LogP contribution in [0.2, 0.25) is 0 Å². The number of ether oxygens (including phenoxy) is 2. The van der Waals surface area contributed by atoms with Crippen LogP contribution in [-0.2, 0) is 0 Å². The van der Waals surface area contributed by atoms with Crippen LogP contribution >= 0.6 is 0 Å². The molecule has 22 heavy (non-hydrogen) atoms. The number of rotatable bonds is 5. The maximum absolute atomic E-state index is 11.1. The van der Waals surface area contributed by atoms with Crippen LogP contribution in [0.4, 0.5) is 11.6 Å². The van der Waals surface area contributed by atoms with E-state index in [2.05, 4.69) is 10.1 Å². The van der Waals surface area contributed by atoms with Crippen molar-refractivity contribution in [2.45, 2.75) is 6.92 Å². The summed E-state index contributed by atoms with van der Waals surface area (Å²) in [7, 11) is 2.74. The van der Waals surface area contributed by atoms with E-state index in [1.165, 1.54) is 31.2 Å². The van der Waals surface area contributed by atoms with Crippen molar-refractivity contribution >= 4 is 17.9 Å². The molecule has 1 aromatic carbocycles. The maximum Gasteiger partial charge on any atom is 0.315 e. The Labute approximate surface area is 126 Å². The number of methoxy groups -OCH3 is 2. The van der Waals surface area contributed by atoms with Gasteiger partial charge in [-0.1, -0.05) is 0 Å². The van der Waals surface area contributed by atoms with E-state index in [4.69, 9.17) is 15.2 Å². The molecule has 1 heterocycles. The quantitative estimate of drug-likeness (QED) is 0.509. The highest BCUT2D eigenvalue weighted by atomic mass is 16.6. The van der Waals surface area contributed by atoms with Crippen molar-refractivity contribution in [2.75, 3.05) is 20.0 Å². The number of benzene rings is 1. The normalized spacial score (nSPS) is 10.9. The second kappa shape index (κ2) is 6.12. The minimum absolute atomic E-state index is 0.0580. The van der Waals surface area contributed by atoms with Crippen molar-refractivity contribution in [3.8, 4) is 11.5 Å². The first-order valence-corrected chi connectivity index (χ1v) is 6.22. The molecule has 0 saturated heterocycles. The number of anilines is 1. The number of nitrogens with zero attached hydrogens (tertiary/aromatic N) is 4. The van der Waals surface area contributed by atoms with Gasteiger partial charge in [-0.05, 0) is 13.0 Å². The van der Waals surface area contributed by atoms with E-state index in [-0.39, 0.29) is 23.1 Å². The molecule has 0 bridgehead atoms. The summed E-state index contributed by atoms with van der Waals surface area (Å²) in [6.45, 7) is 1.78. The van der Waals surface area contributed by atoms with E-state index in [0.29, 0.717) is 11.3 Å². The maximum atomic E-state index is 11.1. The van der Waals surface area contributed by atoms with Gasteiger partial charge in [0.1, 0.15) is 0 Å². The molecular formula is C13H15N5O4. The molecule has 2 aromatic rings. The van der Waals surface area contributed by atoms with Crippen molar-refractivity contribution in [1.29, 1.82) is 0 Å². The third kappa shape index (κ3) is 2.97. The largest absolute Gasteiger partial charge is 0.493 e. The molecule has 2 N–H and O–H groups in total. The summed E-state index contributed by atoms with van der Waals surface area (Å²) >= 11 is 0. The van der Waals surface area contributed by atoms with E-state index in [1.54, 1.807) is 19.2 Å². The van der Waals surface area contributed by atoms with Crippen LogP contribution in [0.1, 0.15) is 11.3 Å². The molecule has 0 aliphatic rings. The number of hydrogen-bond acceptors (Lipinski definition) is 7. The third-order valence-corrected chi connectivity index (χ3v) is 2.84. The lowest BCUT2D eigenvalue weighted by Gasteiger charge is -2.08. The molecule has 0 radical (unpaired) electrons. The molecule has 0 atom stereocenters. The molecular weight excluding hydrogens is 290 g/mol. The lowest BCUT2D eigenvalue weighted by molar-refractivity contribution is -0.385. The molecule has 9 heteroatoms. The summed E-state index contributed by atoms with van der Waals surface area (Å²) in [6, 6.07) is 2.92. The van der Waals surface area contributed by atoms with Gasteiger partial charge in [-0.15, -0.1) is 0 Å². The predicted molar refractivity (Wildman–Crippen MR) is 80.6 cm³/mol. The Kier molecular flexibility index (Phi) is 4.25. The van der Waals surface area contributed by atoms with Crippen molar-refractivity contribution < 1.29 is 14.4 Å². The second-order valence-corrected chi connectivity index (χ2v) is 4.36. The lowest BCUT2D eigenvalue weighted by Crippen LogP contribution is -2.00. The van der Waals surface area contributed by atoms with Gasteiger partial charge in [0.15, 0.2) is 5.75 Å².